The lowest BCUT2D eigenvalue weighted by molar-refractivity contribution is -0.125. The van der Waals surface area contributed by atoms with Crippen molar-refractivity contribution in [3.8, 4) is 0 Å². The zero-order valence-electron chi connectivity index (χ0n) is 15.7. The number of amides is 1. The molecule has 3 N–H and O–H groups in total. The highest BCUT2D eigenvalue weighted by Crippen LogP contribution is 2.28. The fraction of sp³-hybridized carbons (Fsp3) is 0.333. The second kappa shape index (κ2) is 9.41. The van der Waals surface area contributed by atoms with E-state index in [1.807, 2.05) is 61.6 Å². The van der Waals surface area contributed by atoms with Crippen LogP contribution in [0.15, 0.2) is 54.6 Å². The maximum absolute atomic E-state index is 12.9. The average Bonchev–Trinajstić information content (AvgIpc) is 3.24. The first-order chi connectivity index (χ1) is 12.6. The van der Waals surface area contributed by atoms with Crippen molar-refractivity contribution < 1.29 is 4.79 Å². The predicted molar refractivity (Wildman–Crippen MR) is 117 cm³/mol. The fourth-order valence-corrected chi connectivity index (χ4v) is 3.88. The lowest BCUT2D eigenvalue weighted by atomic mass is 10.0. The summed E-state index contributed by atoms with van der Waals surface area (Å²) in [5.74, 6) is 0.901. The summed E-state index contributed by atoms with van der Waals surface area (Å²) in [4.78, 5) is 17.7. The van der Waals surface area contributed by atoms with Crippen LogP contribution in [0.4, 0.5) is 0 Å². The molecule has 1 aromatic heterocycles. The first-order valence-corrected chi connectivity index (χ1v) is 9.15. The van der Waals surface area contributed by atoms with Gasteiger partial charge in [-0.15, -0.1) is 24.8 Å². The van der Waals surface area contributed by atoms with Crippen LogP contribution in [0.2, 0.25) is 0 Å². The Bertz CT molecular complexity index is 929. The highest BCUT2D eigenvalue weighted by atomic mass is 35.5. The Hall–Kier alpha value is -2.08. The van der Waals surface area contributed by atoms with Crippen LogP contribution >= 0.6 is 24.8 Å². The molecule has 5 nitrogen and oxygen atoms in total. The second-order valence-electron chi connectivity index (χ2n) is 7.14. The topological polar surface area (TPSA) is 72.9 Å². The molecule has 4 rings (SSSR count). The molecular weight excluding hydrogens is 395 g/mol. The average molecular weight is 421 g/mol. The van der Waals surface area contributed by atoms with Gasteiger partial charge in [-0.05, 0) is 37.0 Å². The van der Waals surface area contributed by atoms with Gasteiger partial charge in [0.05, 0.1) is 11.0 Å². The standard InChI is InChI=1S/C21H24N4O.2ClH/c1-25-18-10-6-5-9-17(18)23-20(25)19(14-7-3-2-4-8-14)24-21(26)15-11-12-16(22)13-15;;/h2-10,15-16,19H,11-13,22H2,1H3,(H,24,26);2*1H. The van der Waals surface area contributed by atoms with Gasteiger partial charge in [0.25, 0.3) is 0 Å². The molecule has 150 valence electrons. The lowest BCUT2D eigenvalue weighted by Crippen LogP contribution is -2.35. The highest BCUT2D eigenvalue weighted by Gasteiger charge is 2.31. The Labute approximate surface area is 177 Å². The number of benzene rings is 2. The molecule has 3 atom stereocenters. The number of rotatable bonds is 4. The van der Waals surface area contributed by atoms with Crippen LogP contribution in [0.25, 0.3) is 11.0 Å². The monoisotopic (exact) mass is 420 g/mol. The molecule has 7 heteroatoms. The number of aryl methyl sites for hydroxylation is 1. The van der Waals surface area contributed by atoms with Crippen molar-refractivity contribution in [1.82, 2.24) is 14.9 Å². The van der Waals surface area contributed by atoms with E-state index in [1.54, 1.807) is 0 Å². The third-order valence-corrected chi connectivity index (χ3v) is 5.34. The lowest BCUT2D eigenvalue weighted by Gasteiger charge is -2.21. The van der Waals surface area contributed by atoms with Gasteiger partial charge < -0.3 is 15.6 Å². The molecule has 1 aliphatic carbocycles. The number of nitrogens with two attached hydrogens (primary N) is 1. The highest BCUT2D eigenvalue weighted by molar-refractivity contribution is 5.85. The fourth-order valence-electron chi connectivity index (χ4n) is 3.88. The SMILES string of the molecule is Cl.Cl.Cn1c(C(NC(=O)C2CCC(N)C2)c2ccccc2)nc2ccccc21. The molecule has 1 heterocycles. The molecule has 1 fully saturated rings. The van der Waals surface area contributed by atoms with E-state index in [4.69, 9.17) is 10.7 Å². The van der Waals surface area contributed by atoms with Gasteiger partial charge in [0.15, 0.2) is 0 Å². The zero-order valence-corrected chi connectivity index (χ0v) is 17.4. The van der Waals surface area contributed by atoms with Gasteiger partial charge in [-0.3, -0.25) is 4.79 Å². The van der Waals surface area contributed by atoms with Gasteiger partial charge in [-0.25, -0.2) is 4.98 Å². The summed E-state index contributed by atoms with van der Waals surface area (Å²) in [6.07, 6.45) is 2.54. The molecule has 0 spiro atoms. The predicted octanol–water partition coefficient (Wildman–Crippen LogP) is 3.75. The number of carbonyl (C=O) groups is 1. The van der Waals surface area contributed by atoms with Gasteiger partial charge in [0.1, 0.15) is 11.9 Å². The Kier molecular flexibility index (Phi) is 7.47. The van der Waals surface area contributed by atoms with Crippen molar-refractivity contribution in [1.29, 1.82) is 0 Å². The Morgan fingerprint density at radius 1 is 1.11 bits per heavy atom. The summed E-state index contributed by atoms with van der Waals surface area (Å²) < 4.78 is 2.06. The molecule has 0 saturated heterocycles. The van der Waals surface area contributed by atoms with Crippen LogP contribution < -0.4 is 11.1 Å². The summed E-state index contributed by atoms with van der Waals surface area (Å²) in [6.45, 7) is 0. The number of imidazole rings is 1. The summed E-state index contributed by atoms with van der Waals surface area (Å²) in [5.41, 5.74) is 9.01. The molecular formula is C21H26Cl2N4O. The quantitative estimate of drug-likeness (QED) is 0.674. The van der Waals surface area contributed by atoms with Gasteiger partial charge in [-0.1, -0.05) is 42.5 Å². The number of hydrogen-bond acceptors (Lipinski definition) is 3. The van der Waals surface area contributed by atoms with E-state index in [1.165, 1.54) is 0 Å². The minimum Gasteiger partial charge on any atom is -0.342 e. The van der Waals surface area contributed by atoms with Crippen molar-refractivity contribution >= 4 is 41.8 Å². The summed E-state index contributed by atoms with van der Waals surface area (Å²) >= 11 is 0. The van der Waals surface area contributed by atoms with Crippen LogP contribution in [0.3, 0.4) is 0 Å². The van der Waals surface area contributed by atoms with Crippen molar-refractivity contribution in [3.05, 3.63) is 66.0 Å². The number of carbonyl (C=O) groups excluding carboxylic acids is 1. The largest absolute Gasteiger partial charge is 0.342 e. The van der Waals surface area contributed by atoms with Crippen LogP contribution in [-0.2, 0) is 11.8 Å². The number of nitrogens with zero attached hydrogens (tertiary/aromatic N) is 2. The Morgan fingerprint density at radius 3 is 2.43 bits per heavy atom. The zero-order chi connectivity index (χ0) is 18.1. The number of nitrogens with one attached hydrogen (secondary N) is 1. The number of hydrogen-bond donors (Lipinski definition) is 2. The van der Waals surface area contributed by atoms with Crippen LogP contribution in [-0.4, -0.2) is 21.5 Å². The molecule has 1 aliphatic rings. The van der Waals surface area contributed by atoms with E-state index < -0.39 is 0 Å². The van der Waals surface area contributed by atoms with E-state index >= 15 is 0 Å². The van der Waals surface area contributed by atoms with Crippen LogP contribution in [0.1, 0.15) is 36.7 Å². The van der Waals surface area contributed by atoms with Gasteiger partial charge in [-0.2, -0.15) is 0 Å². The smallest absolute Gasteiger partial charge is 0.224 e. The number of aromatic nitrogens is 2. The normalized spacial score (nSPS) is 19.5. The molecule has 1 amide bonds. The molecule has 0 radical (unpaired) electrons. The Balaban J connectivity index is 0.00000140. The first-order valence-electron chi connectivity index (χ1n) is 9.15. The third kappa shape index (κ3) is 4.32. The van der Waals surface area contributed by atoms with Crippen LogP contribution in [0, 0.1) is 5.92 Å². The summed E-state index contributed by atoms with van der Waals surface area (Å²) in [7, 11) is 2.00. The van der Waals surface area contributed by atoms with Gasteiger partial charge >= 0.3 is 0 Å². The molecule has 3 aromatic rings. The second-order valence-corrected chi connectivity index (χ2v) is 7.14. The van der Waals surface area contributed by atoms with Crippen molar-refractivity contribution in [2.45, 2.75) is 31.3 Å². The van der Waals surface area contributed by atoms with E-state index in [-0.39, 0.29) is 48.7 Å². The van der Waals surface area contributed by atoms with E-state index in [2.05, 4.69) is 9.88 Å². The first kappa shape index (κ1) is 22.2. The molecule has 0 aliphatic heterocycles. The molecule has 3 unspecified atom stereocenters. The number of halogens is 2. The van der Waals surface area contributed by atoms with E-state index in [0.717, 1.165) is 41.7 Å². The van der Waals surface area contributed by atoms with Crippen molar-refractivity contribution in [2.75, 3.05) is 0 Å². The molecule has 1 saturated carbocycles. The maximum Gasteiger partial charge on any atom is 0.224 e. The minimum atomic E-state index is -0.280. The third-order valence-electron chi connectivity index (χ3n) is 5.34. The van der Waals surface area contributed by atoms with E-state index in [0.29, 0.717) is 0 Å². The summed E-state index contributed by atoms with van der Waals surface area (Å²) in [5, 5.41) is 3.24. The van der Waals surface area contributed by atoms with Gasteiger partial charge in [0, 0.05) is 19.0 Å². The maximum atomic E-state index is 12.9. The Morgan fingerprint density at radius 2 is 1.79 bits per heavy atom. The summed E-state index contributed by atoms with van der Waals surface area (Å²) in [6, 6.07) is 17.9. The van der Waals surface area contributed by atoms with Crippen molar-refractivity contribution in [3.63, 3.8) is 0 Å². The van der Waals surface area contributed by atoms with Crippen molar-refractivity contribution in [2.24, 2.45) is 18.7 Å². The minimum absolute atomic E-state index is 0. The van der Waals surface area contributed by atoms with Crippen LogP contribution in [0.5, 0.6) is 0 Å². The van der Waals surface area contributed by atoms with Gasteiger partial charge in [0.2, 0.25) is 5.91 Å². The molecule has 28 heavy (non-hydrogen) atoms. The number of fused-ring (bicyclic) bond motifs is 1. The van der Waals surface area contributed by atoms with E-state index in [9.17, 15) is 4.79 Å². The number of para-hydroxylation sites is 2. The molecule has 2 aromatic carbocycles. The molecule has 0 bridgehead atoms.